The van der Waals surface area contributed by atoms with Crippen molar-refractivity contribution in [2.24, 2.45) is 0 Å². The van der Waals surface area contributed by atoms with Gasteiger partial charge in [-0.05, 0) is 25.8 Å². The summed E-state index contributed by atoms with van der Waals surface area (Å²) in [6, 6.07) is 5.84. The van der Waals surface area contributed by atoms with Crippen molar-refractivity contribution in [2.45, 2.75) is 51.0 Å². The van der Waals surface area contributed by atoms with Gasteiger partial charge in [0.1, 0.15) is 5.75 Å². The van der Waals surface area contributed by atoms with Crippen LogP contribution >= 0.6 is 0 Å². The van der Waals surface area contributed by atoms with E-state index in [9.17, 15) is 9.90 Å². The molecule has 0 aliphatic heterocycles. The van der Waals surface area contributed by atoms with Crippen molar-refractivity contribution < 1.29 is 14.6 Å². The third-order valence-electron chi connectivity index (χ3n) is 4.30. The molecule has 0 bridgehead atoms. The Bertz CT molecular complexity index is 493. The van der Waals surface area contributed by atoms with Crippen LogP contribution in [0.15, 0.2) is 18.2 Å². The van der Waals surface area contributed by atoms with Crippen molar-refractivity contribution in [3.63, 3.8) is 0 Å². The second-order valence-corrected chi connectivity index (χ2v) is 6.04. The van der Waals surface area contributed by atoms with Crippen LogP contribution < -0.4 is 10.1 Å². The first kappa shape index (κ1) is 15.8. The van der Waals surface area contributed by atoms with E-state index in [1.54, 1.807) is 7.11 Å². The summed E-state index contributed by atoms with van der Waals surface area (Å²) in [6.45, 7) is 2.01. The molecule has 0 atom stereocenters. The fraction of sp³-hybridized carbons (Fsp3) is 0.588. The van der Waals surface area contributed by atoms with Gasteiger partial charge in [-0.2, -0.15) is 0 Å². The van der Waals surface area contributed by atoms with Crippen LogP contribution in [0, 0.1) is 6.92 Å². The molecule has 0 heterocycles. The Hall–Kier alpha value is -1.55. The number of carbonyl (C=O) groups excluding carboxylic acids is 1. The molecule has 1 aromatic rings. The number of hydrogen-bond donors (Lipinski definition) is 2. The van der Waals surface area contributed by atoms with Gasteiger partial charge >= 0.3 is 0 Å². The first-order valence-electron chi connectivity index (χ1n) is 7.64. The van der Waals surface area contributed by atoms with Crippen LogP contribution in [0.25, 0.3) is 0 Å². The molecule has 0 saturated heterocycles. The van der Waals surface area contributed by atoms with Gasteiger partial charge < -0.3 is 15.2 Å². The molecule has 4 nitrogen and oxygen atoms in total. The summed E-state index contributed by atoms with van der Waals surface area (Å²) in [5, 5.41) is 12.7. The first-order chi connectivity index (χ1) is 10.1. The minimum atomic E-state index is -0.424. The number of benzene rings is 1. The van der Waals surface area contributed by atoms with Gasteiger partial charge in [0.25, 0.3) is 0 Å². The summed E-state index contributed by atoms with van der Waals surface area (Å²) in [6.07, 6.45) is 5.32. The molecule has 0 unspecified atom stereocenters. The SMILES string of the molecule is COc1ccc(C)cc1CC(=O)NC1(CO)CCCCC1. The Labute approximate surface area is 126 Å². The maximum absolute atomic E-state index is 12.3. The maximum Gasteiger partial charge on any atom is 0.225 e. The lowest BCUT2D eigenvalue weighted by Crippen LogP contribution is -2.53. The number of aryl methyl sites for hydroxylation is 1. The molecule has 4 heteroatoms. The number of ether oxygens (including phenoxy) is 1. The number of aliphatic hydroxyl groups excluding tert-OH is 1. The van der Waals surface area contributed by atoms with Crippen LogP contribution in [0.1, 0.15) is 43.2 Å². The van der Waals surface area contributed by atoms with E-state index >= 15 is 0 Å². The number of hydrogen-bond acceptors (Lipinski definition) is 3. The average Bonchev–Trinajstić information content (AvgIpc) is 2.48. The lowest BCUT2D eigenvalue weighted by molar-refractivity contribution is -0.123. The quantitative estimate of drug-likeness (QED) is 0.875. The van der Waals surface area contributed by atoms with E-state index in [0.717, 1.165) is 42.6 Å². The largest absolute Gasteiger partial charge is 0.496 e. The van der Waals surface area contributed by atoms with Crippen molar-refractivity contribution in [3.8, 4) is 5.75 Å². The molecule has 2 N–H and O–H groups in total. The molecule has 1 fully saturated rings. The van der Waals surface area contributed by atoms with Gasteiger partial charge in [0.2, 0.25) is 5.91 Å². The Morgan fingerprint density at radius 1 is 1.33 bits per heavy atom. The second kappa shape index (κ2) is 6.94. The van der Waals surface area contributed by atoms with Crippen LogP contribution in [0.5, 0.6) is 5.75 Å². The molecule has 0 spiro atoms. The van der Waals surface area contributed by atoms with Gasteiger partial charge in [-0.3, -0.25) is 4.79 Å². The smallest absolute Gasteiger partial charge is 0.225 e. The number of amides is 1. The Morgan fingerprint density at radius 3 is 2.67 bits per heavy atom. The summed E-state index contributed by atoms with van der Waals surface area (Å²) in [4.78, 5) is 12.3. The summed E-state index contributed by atoms with van der Waals surface area (Å²) in [5.74, 6) is 0.687. The minimum absolute atomic E-state index is 0.0176. The molecule has 116 valence electrons. The fourth-order valence-electron chi connectivity index (χ4n) is 3.11. The number of nitrogens with one attached hydrogen (secondary N) is 1. The Kier molecular flexibility index (Phi) is 5.23. The molecule has 2 rings (SSSR count). The van der Waals surface area contributed by atoms with Crippen molar-refractivity contribution >= 4 is 5.91 Å². The van der Waals surface area contributed by atoms with Crippen molar-refractivity contribution in [3.05, 3.63) is 29.3 Å². The lowest BCUT2D eigenvalue weighted by Gasteiger charge is -2.36. The van der Waals surface area contributed by atoms with Crippen molar-refractivity contribution in [1.29, 1.82) is 0 Å². The van der Waals surface area contributed by atoms with E-state index in [2.05, 4.69) is 5.32 Å². The maximum atomic E-state index is 12.3. The van der Waals surface area contributed by atoms with E-state index in [0.29, 0.717) is 0 Å². The highest BCUT2D eigenvalue weighted by atomic mass is 16.5. The van der Waals surface area contributed by atoms with E-state index in [1.165, 1.54) is 6.42 Å². The second-order valence-electron chi connectivity index (χ2n) is 6.04. The molecule has 0 aromatic heterocycles. The molecule has 1 aliphatic rings. The average molecular weight is 291 g/mol. The normalized spacial score (nSPS) is 17.3. The zero-order valence-electron chi connectivity index (χ0n) is 12.9. The van der Waals surface area contributed by atoms with Gasteiger partial charge in [-0.15, -0.1) is 0 Å². The number of rotatable bonds is 5. The highest BCUT2D eigenvalue weighted by molar-refractivity contribution is 5.80. The third kappa shape index (κ3) is 3.97. The van der Waals surface area contributed by atoms with Gasteiger partial charge in [-0.25, -0.2) is 0 Å². The highest BCUT2D eigenvalue weighted by Crippen LogP contribution is 2.28. The van der Waals surface area contributed by atoms with Crippen LogP contribution in [-0.4, -0.2) is 30.3 Å². The van der Waals surface area contributed by atoms with Crippen molar-refractivity contribution in [1.82, 2.24) is 5.32 Å². The summed E-state index contributed by atoms with van der Waals surface area (Å²) >= 11 is 0. The van der Waals surface area contributed by atoms with E-state index < -0.39 is 5.54 Å². The first-order valence-corrected chi connectivity index (χ1v) is 7.64. The number of carbonyl (C=O) groups is 1. The van der Waals surface area contributed by atoms with Crippen LogP contribution in [0.4, 0.5) is 0 Å². The topological polar surface area (TPSA) is 58.6 Å². The fourth-order valence-corrected chi connectivity index (χ4v) is 3.11. The molecule has 0 radical (unpaired) electrons. The predicted octanol–water partition coefficient (Wildman–Crippen LogP) is 2.36. The zero-order valence-corrected chi connectivity index (χ0v) is 12.9. The number of methoxy groups -OCH3 is 1. The van der Waals surface area contributed by atoms with Crippen LogP contribution in [0.2, 0.25) is 0 Å². The summed E-state index contributed by atoms with van der Waals surface area (Å²) < 4.78 is 5.31. The van der Waals surface area contributed by atoms with Gasteiger partial charge in [0.15, 0.2) is 0 Å². The third-order valence-corrected chi connectivity index (χ3v) is 4.30. The molecule has 1 aliphatic carbocycles. The molecule has 21 heavy (non-hydrogen) atoms. The molecular weight excluding hydrogens is 266 g/mol. The monoisotopic (exact) mass is 291 g/mol. The summed E-state index contributed by atoms with van der Waals surface area (Å²) in [5.41, 5.74) is 1.57. The van der Waals surface area contributed by atoms with Crippen LogP contribution in [0.3, 0.4) is 0 Å². The van der Waals surface area contributed by atoms with E-state index in [1.807, 2.05) is 25.1 Å². The predicted molar refractivity (Wildman–Crippen MR) is 82.5 cm³/mol. The Morgan fingerprint density at radius 2 is 2.05 bits per heavy atom. The Balaban J connectivity index is 2.05. The van der Waals surface area contributed by atoms with Crippen molar-refractivity contribution in [2.75, 3.05) is 13.7 Å². The lowest BCUT2D eigenvalue weighted by atomic mass is 9.82. The number of aliphatic hydroxyl groups is 1. The molecular formula is C17H25NO3. The summed E-state index contributed by atoms with van der Waals surface area (Å²) in [7, 11) is 1.61. The standard InChI is InChI=1S/C17H25NO3/c1-13-6-7-15(21-2)14(10-13)11-16(20)18-17(12-19)8-4-3-5-9-17/h6-7,10,19H,3-5,8-9,11-12H2,1-2H3,(H,18,20). The van der Waals surface area contributed by atoms with Gasteiger partial charge in [0, 0.05) is 5.56 Å². The van der Waals surface area contributed by atoms with Gasteiger partial charge in [-0.1, -0.05) is 37.0 Å². The minimum Gasteiger partial charge on any atom is -0.496 e. The van der Waals surface area contributed by atoms with E-state index in [-0.39, 0.29) is 18.9 Å². The molecule has 1 aromatic carbocycles. The van der Waals surface area contributed by atoms with Crippen LogP contribution in [-0.2, 0) is 11.2 Å². The van der Waals surface area contributed by atoms with E-state index in [4.69, 9.17) is 4.74 Å². The molecule has 1 amide bonds. The zero-order chi connectivity index (χ0) is 15.3. The van der Waals surface area contributed by atoms with Gasteiger partial charge in [0.05, 0.1) is 25.7 Å². The highest BCUT2D eigenvalue weighted by Gasteiger charge is 2.32. The molecule has 1 saturated carbocycles.